The number of pyridine rings is 1. The Morgan fingerprint density at radius 3 is 2.61 bits per heavy atom. The van der Waals surface area contributed by atoms with Crippen molar-refractivity contribution in [1.29, 1.82) is 0 Å². The van der Waals surface area contributed by atoms with E-state index in [9.17, 15) is 9.90 Å². The summed E-state index contributed by atoms with van der Waals surface area (Å²) in [7, 11) is 0. The first kappa shape index (κ1) is 11.5. The van der Waals surface area contributed by atoms with Crippen LogP contribution in [-0.2, 0) is 0 Å². The van der Waals surface area contributed by atoms with Crippen LogP contribution in [0.3, 0.4) is 0 Å². The lowest BCUT2D eigenvalue weighted by molar-refractivity contribution is 0.0499. The Morgan fingerprint density at radius 1 is 1.28 bits per heavy atom. The maximum atomic E-state index is 12.3. The van der Waals surface area contributed by atoms with Crippen molar-refractivity contribution in [3.8, 4) is 5.75 Å². The van der Waals surface area contributed by atoms with E-state index in [-0.39, 0.29) is 11.7 Å². The molecule has 1 aromatic rings. The number of amides is 1. The number of fused-ring (bicyclic) bond motifs is 2. The van der Waals surface area contributed by atoms with Gasteiger partial charge in [0.05, 0.1) is 6.20 Å². The van der Waals surface area contributed by atoms with Gasteiger partial charge in [0, 0.05) is 13.1 Å². The van der Waals surface area contributed by atoms with E-state index in [1.807, 2.05) is 4.90 Å². The number of likely N-dealkylation sites (tertiary alicyclic amines) is 1. The highest BCUT2D eigenvalue weighted by Crippen LogP contribution is 2.34. The molecule has 2 unspecified atom stereocenters. The number of hydrogen-bond acceptors (Lipinski definition) is 3. The van der Waals surface area contributed by atoms with E-state index in [1.165, 1.54) is 37.9 Å². The molecular weight excluding hydrogens is 228 g/mol. The lowest BCUT2D eigenvalue weighted by Crippen LogP contribution is -2.45. The molecule has 2 heterocycles. The highest BCUT2D eigenvalue weighted by molar-refractivity contribution is 5.92. The molecule has 4 nitrogen and oxygen atoms in total. The molecule has 0 spiro atoms. The van der Waals surface area contributed by atoms with Gasteiger partial charge in [-0.3, -0.25) is 4.79 Å². The average molecular weight is 246 g/mol. The molecule has 1 N–H and O–H groups in total. The van der Waals surface area contributed by atoms with Gasteiger partial charge in [-0.15, -0.1) is 0 Å². The summed E-state index contributed by atoms with van der Waals surface area (Å²) in [5, 5.41) is 9.19. The van der Waals surface area contributed by atoms with E-state index in [2.05, 4.69) is 4.98 Å². The van der Waals surface area contributed by atoms with Crippen molar-refractivity contribution in [1.82, 2.24) is 9.88 Å². The van der Waals surface area contributed by atoms with E-state index in [1.54, 1.807) is 6.07 Å². The smallest absolute Gasteiger partial charge is 0.272 e. The number of aromatic nitrogens is 1. The molecule has 1 aliphatic heterocycles. The fraction of sp³-hybridized carbons (Fsp3) is 0.571. The molecule has 2 bridgehead atoms. The number of hydrogen-bond donors (Lipinski definition) is 1. The largest absolute Gasteiger partial charge is 0.506 e. The van der Waals surface area contributed by atoms with Gasteiger partial charge < -0.3 is 10.0 Å². The van der Waals surface area contributed by atoms with Gasteiger partial charge in [0.15, 0.2) is 0 Å². The predicted octanol–water partition coefficient (Wildman–Crippen LogP) is 2.05. The summed E-state index contributed by atoms with van der Waals surface area (Å²) < 4.78 is 0. The van der Waals surface area contributed by atoms with Crippen LogP contribution >= 0.6 is 0 Å². The second kappa shape index (κ2) is 4.59. The van der Waals surface area contributed by atoms with E-state index in [4.69, 9.17) is 0 Å². The lowest BCUT2D eigenvalue weighted by Gasteiger charge is -2.41. The molecule has 1 aliphatic carbocycles. The van der Waals surface area contributed by atoms with Gasteiger partial charge >= 0.3 is 0 Å². The Balaban J connectivity index is 1.74. The second-order valence-electron chi connectivity index (χ2n) is 5.51. The number of aromatic hydroxyl groups is 1. The van der Waals surface area contributed by atoms with Crippen molar-refractivity contribution >= 4 is 5.91 Å². The zero-order chi connectivity index (χ0) is 12.5. The molecule has 1 saturated heterocycles. The van der Waals surface area contributed by atoms with Crippen LogP contribution < -0.4 is 0 Å². The molecule has 2 fully saturated rings. The molecule has 18 heavy (non-hydrogen) atoms. The van der Waals surface area contributed by atoms with Gasteiger partial charge in [0.2, 0.25) is 0 Å². The quantitative estimate of drug-likeness (QED) is 0.825. The van der Waals surface area contributed by atoms with Crippen LogP contribution in [0.15, 0.2) is 18.3 Å². The molecule has 0 radical (unpaired) electrons. The second-order valence-corrected chi connectivity index (χ2v) is 5.51. The first-order chi connectivity index (χ1) is 8.72. The monoisotopic (exact) mass is 246 g/mol. The number of carbonyl (C=O) groups excluding carboxylic acids is 1. The average Bonchev–Trinajstić information content (AvgIpc) is 2.38. The zero-order valence-corrected chi connectivity index (χ0v) is 10.4. The van der Waals surface area contributed by atoms with E-state index in [0.717, 1.165) is 13.1 Å². The third-order valence-corrected chi connectivity index (χ3v) is 4.10. The molecule has 3 rings (SSSR count). The third kappa shape index (κ3) is 2.19. The highest BCUT2D eigenvalue weighted by Gasteiger charge is 2.33. The normalized spacial score (nSPS) is 27.0. The molecule has 1 amide bonds. The third-order valence-electron chi connectivity index (χ3n) is 4.10. The summed E-state index contributed by atoms with van der Waals surface area (Å²) in [6, 6.07) is 3.12. The zero-order valence-electron chi connectivity index (χ0n) is 10.4. The Kier molecular flexibility index (Phi) is 2.94. The minimum atomic E-state index is 0.00611. The van der Waals surface area contributed by atoms with Crippen LogP contribution in [0, 0.1) is 11.8 Å². The van der Waals surface area contributed by atoms with Crippen molar-refractivity contribution in [3.63, 3.8) is 0 Å². The minimum absolute atomic E-state index is 0.00611. The van der Waals surface area contributed by atoms with Gasteiger partial charge in [-0.05, 0) is 43.2 Å². The Labute approximate surface area is 107 Å². The van der Waals surface area contributed by atoms with Crippen LogP contribution in [0.4, 0.5) is 0 Å². The van der Waals surface area contributed by atoms with Gasteiger partial charge in [-0.2, -0.15) is 0 Å². The van der Waals surface area contributed by atoms with Crippen LogP contribution in [0.1, 0.15) is 36.2 Å². The van der Waals surface area contributed by atoms with Gasteiger partial charge in [-0.1, -0.05) is 6.42 Å². The summed E-state index contributed by atoms with van der Waals surface area (Å²) in [5.41, 5.74) is 0.438. The molecule has 4 heteroatoms. The van der Waals surface area contributed by atoms with Crippen molar-refractivity contribution in [3.05, 3.63) is 24.0 Å². The van der Waals surface area contributed by atoms with Crippen molar-refractivity contribution in [2.75, 3.05) is 13.1 Å². The van der Waals surface area contributed by atoms with E-state index in [0.29, 0.717) is 17.5 Å². The Bertz CT molecular complexity index is 432. The Morgan fingerprint density at radius 2 is 2.00 bits per heavy atom. The van der Waals surface area contributed by atoms with Gasteiger partial charge in [0.1, 0.15) is 11.4 Å². The summed E-state index contributed by atoms with van der Waals surface area (Å²) in [4.78, 5) is 18.3. The number of piperidine rings is 1. The van der Waals surface area contributed by atoms with Crippen LogP contribution in [0.25, 0.3) is 0 Å². The molecule has 96 valence electrons. The molecular formula is C14H18N2O2. The maximum absolute atomic E-state index is 12.3. The number of rotatable bonds is 1. The highest BCUT2D eigenvalue weighted by atomic mass is 16.3. The summed E-state index contributed by atoms with van der Waals surface area (Å²) in [6.07, 6.45) is 6.44. The Hall–Kier alpha value is -1.58. The molecule has 1 saturated carbocycles. The van der Waals surface area contributed by atoms with Crippen molar-refractivity contribution < 1.29 is 9.90 Å². The molecule has 2 atom stereocenters. The maximum Gasteiger partial charge on any atom is 0.272 e. The number of nitrogens with zero attached hydrogens (tertiary/aromatic N) is 2. The first-order valence-electron chi connectivity index (χ1n) is 6.66. The summed E-state index contributed by atoms with van der Waals surface area (Å²) in [5.74, 6) is 1.46. The van der Waals surface area contributed by atoms with Crippen LogP contribution in [-0.4, -0.2) is 34.0 Å². The van der Waals surface area contributed by atoms with E-state index >= 15 is 0 Å². The minimum Gasteiger partial charge on any atom is -0.506 e. The SMILES string of the molecule is O=C(c1ccc(O)cn1)N1CC2CCCC(C2)C1. The summed E-state index contributed by atoms with van der Waals surface area (Å²) >= 11 is 0. The van der Waals surface area contributed by atoms with E-state index < -0.39 is 0 Å². The van der Waals surface area contributed by atoms with Gasteiger partial charge in [-0.25, -0.2) is 4.98 Å². The molecule has 0 aromatic carbocycles. The fourth-order valence-corrected chi connectivity index (χ4v) is 3.27. The van der Waals surface area contributed by atoms with Crippen LogP contribution in [0.5, 0.6) is 5.75 Å². The molecule has 1 aromatic heterocycles. The topological polar surface area (TPSA) is 53.4 Å². The van der Waals surface area contributed by atoms with Crippen molar-refractivity contribution in [2.24, 2.45) is 11.8 Å². The summed E-state index contributed by atoms with van der Waals surface area (Å²) in [6.45, 7) is 1.75. The standard InChI is InChI=1S/C14H18N2O2/c17-12-4-5-13(15-7-12)14(18)16-8-10-2-1-3-11(6-10)9-16/h4-5,7,10-11,17H,1-3,6,8-9H2. The fourth-order valence-electron chi connectivity index (χ4n) is 3.27. The lowest BCUT2D eigenvalue weighted by atomic mass is 9.78. The molecule has 2 aliphatic rings. The van der Waals surface area contributed by atoms with Crippen LogP contribution in [0.2, 0.25) is 0 Å². The number of carbonyl (C=O) groups is 1. The van der Waals surface area contributed by atoms with Crippen molar-refractivity contribution in [2.45, 2.75) is 25.7 Å². The predicted molar refractivity (Wildman–Crippen MR) is 67.3 cm³/mol. The van der Waals surface area contributed by atoms with Gasteiger partial charge in [0.25, 0.3) is 5.91 Å². The first-order valence-corrected chi connectivity index (χ1v) is 6.66.